The Labute approximate surface area is 134 Å². The van der Waals surface area contributed by atoms with E-state index in [4.69, 9.17) is 0 Å². The number of benzene rings is 2. The van der Waals surface area contributed by atoms with Gasteiger partial charge in [0.2, 0.25) is 0 Å². The minimum absolute atomic E-state index is 0.0718. The van der Waals surface area contributed by atoms with Crippen molar-refractivity contribution in [2.45, 2.75) is 18.7 Å². The first kappa shape index (κ1) is 17.6. The van der Waals surface area contributed by atoms with Gasteiger partial charge in [-0.1, -0.05) is 30.3 Å². The fraction of sp³-hybridized carbons (Fsp3) is 0.188. The summed E-state index contributed by atoms with van der Waals surface area (Å²) in [6.45, 7) is 1.00. The Morgan fingerprint density at radius 1 is 1.08 bits per heavy atom. The maximum Gasteiger partial charge on any atom is 0.416 e. The Kier molecular flexibility index (Phi) is 4.44. The molecule has 0 aliphatic carbocycles. The van der Waals surface area contributed by atoms with Gasteiger partial charge in [0.15, 0.2) is 5.78 Å². The molecule has 0 bridgehead atoms. The molecule has 24 heavy (non-hydrogen) atoms. The van der Waals surface area contributed by atoms with E-state index >= 15 is 0 Å². The molecule has 0 aliphatic rings. The number of nitro groups is 1. The fourth-order valence-electron chi connectivity index (χ4n) is 2.16. The van der Waals surface area contributed by atoms with Crippen LogP contribution in [-0.2, 0) is 11.8 Å². The SMILES string of the molecule is CC(O)(C(=O)c1ccccc1)c1cc([N+](=O)[O-])cc(C(F)(F)F)c1. The van der Waals surface area contributed by atoms with E-state index in [2.05, 4.69) is 0 Å². The van der Waals surface area contributed by atoms with Crippen LogP contribution in [0.1, 0.15) is 28.4 Å². The average molecular weight is 339 g/mol. The molecule has 0 heterocycles. The van der Waals surface area contributed by atoms with E-state index in [-0.39, 0.29) is 5.56 Å². The quantitative estimate of drug-likeness (QED) is 0.523. The summed E-state index contributed by atoms with van der Waals surface area (Å²) in [5.74, 6) is -0.864. The van der Waals surface area contributed by atoms with Crippen molar-refractivity contribution < 1.29 is 28.0 Å². The molecule has 0 aromatic heterocycles. The number of rotatable bonds is 4. The van der Waals surface area contributed by atoms with Gasteiger partial charge >= 0.3 is 6.18 Å². The Hall–Kier alpha value is -2.74. The number of non-ortho nitro benzene ring substituents is 1. The Balaban J connectivity index is 2.59. The molecule has 0 radical (unpaired) electrons. The summed E-state index contributed by atoms with van der Waals surface area (Å²) < 4.78 is 38.8. The Morgan fingerprint density at radius 3 is 2.12 bits per heavy atom. The van der Waals surface area contributed by atoms with Crippen molar-refractivity contribution in [2.75, 3.05) is 0 Å². The van der Waals surface area contributed by atoms with Gasteiger partial charge in [-0.15, -0.1) is 0 Å². The summed E-state index contributed by atoms with van der Waals surface area (Å²) in [7, 11) is 0. The molecule has 0 spiro atoms. The first-order valence-electron chi connectivity index (χ1n) is 6.73. The minimum atomic E-state index is -4.85. The van der Waals surface area contributed by atoms with Crippen molar-refractivity contribution in [1.82, 2.24) is 0 Å². The van der Waals surface area contributed by atoms with Crippen LogP contribution >= 0.6 is 0 Å². The van der Waals surface area contributed by atoms with Crippen molar-refractivity contribution in [3.05, 3.63) is 75.3 Å². The number of ketones is 1. The summed E-state index contributed by atoms with van der Waals surface area (Å²) in [5, 5.41) is 21.3. The van der Waals surface area contributed by atoms with Crippen molar-refractivity contribution in [3.63, 3.8) is 0 Å². The second kappa shape index (κ2) is 6.04. The largest absolute Gasteiger partial charge is 0.416 e. The smallest absolute Gasteiger partial charge is 0.377 e. The second-order valence-corrected chi connectivity index (χ2v) is 5.29. The standard InChI is InChI=1S/C16H12F3NO4/c1-15(22,14(21)10-5-3-2-4-6-10)11-7-12(16(17,18)19)9-13(8-11)20(23)24/h2-9,22H,1H3. The van der Waals surface area contributed by atoms with Gasteiger partial charge in [-0.2, -0.15) is 13.2 Å². The molecule has 0 fully saturated rings. The van der Waals surface area contributed by atoms with E-state index in [1.807, 2.05) is 0 Å². The van der Waals surface area contributed by atoms with Gasteiger partial charge in [-0.25, -0.2) is 0 Å². The monoisotopic (exact) mass is 339 g/mol. The predicted octanol–water partition coefficient (Wildman–Crippen LogP) is 3.70. The number of Topliss-reactive ketones (excluding diaryl/α,β-unsaturated/α-hetero) is 1. The van der Waals surface area contributed by atoms with Gasteiger partial charge in [-0.3, -0.25) is 14.9 Å². The summed E-state index contributed by atoms with van der Waals surface area (Å²) in [6.07, 6.45) is -4.85. The highest BCUT2D eigenvalue weighted by Gasteiger charge is 2.38. The molecular weight excluding hydrogens is 327 g/mol. The van der Waals surface area contributed by atoms with E-state index in [0.29, 0.717) is 12.1 Å². The van der Waals surface area contributed by atoms with Gasteiger partial charge in [0.1, 0.15) is 5.60 Å². The van der Waals surface area contributed by atoms with Gasteiger partial charge in [0.05, 0.1) is 10.5 Å². The Morgan fingerprint density at radius 2 is 1.62 bits per heavy atom. The van der Waals surface area contributed by atoms with Crippen LogP contribution in [0.15, 0.2) is 48.5 Å². The zero-order valence-electron chi connectivity index (χ0n) is 12.4. The highest BCUT2D eigenvalue weighted by Crippen LogP contribution is 2.36. The van der Waals surface area contributed by atoms with E-state index in [9.17, 15) is 33.2 Å². The molecule has 126 valence electrons. The topological polar surface area (TPSA) is 80.4 Å². The van der Waals surface area contributed by atoms with Crippen LogP contribution in [0.4, 0.5) is 18.9 Å². The van der Waals surface area contributed by atoms with Crippen molar-refractivity contribution in [3.8, 4) is 0 Å². The molecular formula is C16H12F3NO4. The number of hydrogen-bond acceptors (Lipinski definition) is 4. The third-order valence-corrected chi connectivity index (χ3v) is 3.50. The molecule has 1 N–H and O–H groups in total. The highest BCUT2D eigenvalue weighted by molar-refractivity contribution is 6.02. The van der Waals surface area contributed by atoms with Crippen LogP contribution in [0, 0.1) is 10.1 Å². The van der Waals surface area contributed by atoms with E-state index in [1.54, 1.807) is 6.07 Å². The molecule has 2 rings (SSSR count). The van der Waals surface area contributed by atoms with E-state index < -0.39 is 39.3 Å². The van der Waals surface area contributed by atoms with Crippen molar-refractivity contribution >= 4 is 11.5 Å². The van der Waals surface area contributed by atoms with Crippen LogP contribution in [0.25, 0.3) is 0 Å². The number of nitro benzene ring substituents is 1. The molecule has 2 aromatic rings. The lowest BCUT2D eigenvalue weighted by Gasteiger charge is -2.23. The van der Waals surface area contributed by atoms with Crippen LogP contribution in [0.2, 0.25) is 0 Å². The molecule has 8 heteroatoms. The first-order chi connectivity index (χ1) is 11.0. The van der Waals surface area contributed by atoms with Gasteiger partial charge in [0.25, 0.3) is 5.69 Å². The number of aliphatic hydroxyl groups is 1. The van der Waals surface area contributed by atoms with Crippen molar-refractivity contribution in [2.24, 2.45) is 0 Å². The number of carbonyl (C=O) groups excluding carboxylic acids is 1. The zero-order chi connectivity index (χ0) is 18.1. The minimum Gasteiger partial charge on any atom is -0.377 e. The van der Waals surface area contributed by atoms with Crippen LogP contribution < -0.4 is 0 Å². The summed E-state index contributed by atoms with van der Waals surface area (Å²) in [5.41, 5.74) is -4.96. The van der Waals surface area contributed by atoms with Crippen LogP contribution in [0.5, 0.6) is 0 Å². The zero-order valence-corrected chi connectivity index (χ0v) is 12.4. The predicted molar refractivity (Wildman–Crippen MR) is 78.4 cm³/mol. The lowest BCUT2D eigenvalue weighted by molar-refractivity contribution is -0.385. The lowest BCUT2D eigenvalue weighted by atomic mass is 9.86. The number of carbonyl (C=O) groups is 1. The number of halogens is 3. The molecule has 1 atom stereocenters. The number of hydrogen-bond donors (Lipinski definition) is 1. The third-order valence-electron chi connectivity index (χ3n) is 3.50. The summed E-state index contributed by atoms with van der Waals surface area (Å²) >= 11 is 0. The van der Waals surface area contributed by atoms with E-state index in [1.165, 1.54) is 24.3 Å². The summed E-state index contributed by atoms with van der Waals surface area (Å²) in [6, 6.07) is 9.10. The Bertz CT molecular complexity index is 786. The maximum atomic E-state index is 12.9. The van der Waals surface area contributed by atoms with Gasteiger partial charge in [0, 0.05) is 17.7 Å². The molecule has 0 saturated heterocycles. The molecule has 5 nitrogen and oxygen atoms in total. The molecule has 0 amide bonds. The van der Waals surface area contributed by atoms with Crippen molar-refractivity contribution in [1.29, 1.82) is 0 Å². The van der Waals surface area contributed by atoms with E-state index in [0.717, 1.165) is 13.0 Å². The fourth-order valence-corrected chi connectivity index (χ4v) is 2.16. The summed E-state index contributed by atoms with van der Waals surface area (Å²) in [4.78, 5) is 22.3. The van der Waals surface area contributed by atoms with Gasteiger partial charge in [-0.05, 0) is 18.6 Å². The molecule has 1 unspecified atom stereocenters. The number of nitrogens with zero attached hydrogens (tertiary/aromatic N) is 1. The molecule has 0 aliphatic heterocycles. The van der Waals surface area contributed by atoms with Crippen LogP contribution in [0.3, 0.4) is 0 Å². The molecule has 0 saturated carbocycles. The number of alkyl halides is 3. The first-order valence-corrected chi connectivity index (χ1v) is 6.73. The normalized spacial score (nSPS) is 14.0. The molecule has 2 aromatic carbocycles. The van der Waals surface area contributed by atoms with Crippen LogP contribution in [-0.4, -0.2) is 15.8 Å². The third kappa shape index (κ3) is 3.43. The maximum absolute atomic E-state index is 12.9. The van der Waals surface area contributed by atoms with Gasteiger partial charge < -0.3 is 5.11 Å². The second-order valence-electron chi connectivity index (χ2n) is 5.29. The average Bonchev–Trinajstić information content (AvgIpc) is 2.53. The lowest BCUT2D eigenvalue weighted by Crippen LogP contribution is -2.32. The highest BCUT2D eigenvalue weighted by atomic mass is 19.4.